The van der Waals surface area contributed by atoms with Crippen molar-refractivity contribution in [1.29, 1.82) is 0 Å². The Morgan fingerprint density at radius 2 is 2.00 bits per heavy atom. The van der Waals surface area contributed by atoms with E-state index in [1.54, 1.807) is 7.11 Å². The van der Waals surface area contributed by atoms with Gasteiger partial charge in [0.2, 0.25) is 0 Å². The van der Waals surface area contributed by atoms with E-state index in [0.717, 1.165) is 17.2 Å². The number of likely N-dealkylation sites (N-methyl/N-ethyl adjacent to an activating group) is 1. The highest BCUT2D eigenvalue weighted by Gasteiger charge is 2.13. The van der Waals surface area contributed by atoms with Crippen molar-refractivity contribution in [2.75, 3.05) is 14.2 Å². The van der Waals surface area contributed by atoms with Crippen LogP contribution in [0.15, 0.2) is 42.5 Å². The van der Waals surface area contributed by atoms with Crippen molar-refractivity contribution in [2.45, 2.75) is 19.4 Å². The standard InChI is InChI=1S/C17H20ClNO/c1-12-9-14(18)7-8-16(12)17(19-2)11-13-5-4-6-15(10-13)20-3/h4-10,17,19H,11H2,1-3H3. The van der Waals surface area contributed by atoms with E-state index in [2.05, 4.69) is 30.4 Å². The molecule has 0 radical (unpaired) electrons. The van der Waals surface area contributed by atoms with E-state index < -0.39 is 0 Å². The minimum Gasteiger partial charge on any atom is -0.497 e. The van der Waals surface area contributed by atoms with Gasteiger partial charge in [0.15, 0.2) is 0 Å². The molecule has 0 aromatic heterocycles. The van der Waals surface area contributed by atoms with Gasteiger partial charge in [0.25, 0.3) is 0 Å². The van der Waals surface area contributed by atoms with Gasteiger partial charge in [-0.15, -0.1) is 0 Å². The van der Waals surface area contributed by atoms with E-state index in [1.807, 2.05) is 31.3 Å². The number of ether oxygens (including phenoxy) is 1. The Morgan fingerprint density at radius 1 is 1.20 bits per heavy atom. The number of hydrogen-bond donors (Lipinski definition) is 1. The van der Waals surface area contributed by atoms with Gasteiger partial charge in [-0.2, -0.15) is 0 Å². The molecule has 2 nitrogen and oxygen atoms in total. The molecule has 0 fully saturated rings. The van der Waals surface area contributed by atoms with E-state index in [9.17, 15) is 0 Å². The highest BCUT2D eigenvalue weighted by molar-refractivity contribution is 6.30. The van der Waals surface area contributed by atoms with Crippen molar-refractivity contribution in [1.82, 2.24) is 5.32 Å². The molecule has 3 heteroatoms. The minimum atomic E-state index is 0.263. The molecule has 20 heavy (non-hydrogen) atoms. The third kappa shape index (κ3) is 3.53. The molecule has 2 aromatic rings. The molecular weight excluding hydrogens is 270 g/mol. The Bertz CT molecular complexity index is 583. The van der Waals surface area contributed by atoms with Gasteiger partial charge in [-0.1, -0.05) is 29.8 Å². The maximum absolute atomic E-state index is 6.03. The summed E-state index contributed by atoms with van der Waals surface area (Å²) in [6.07, 6.45) is 0.913. The summed E-state index contributed by atoms with van der Waals surface area (Å²) in [6, 6.07) is 14.5. The van der Waals surface area contributed by atoms with Crippen molar-refractivity contribution in [2.24, 2.45) is 0 Å². The summed E-state index contributed by atoms with van der Waals surface area (Å²) in [6.45, 7) is 2.09. The molecule has 0 aliphatic heterocycles. The van der Waals surface area contributed by atoms with Crippen LogP contribution in [0.25, 0.3) is 0 Å². The highest BCUT2D eigenvalue weighted by Crippen LogP contribution is 2.25. The first-order valence-electron chi connectivity index (χ1n) is 6.70. The zero-order valence-electron chi connectivity index (χ0n) is 12.1. The van der Waals surface area contributed by atoms with Gasteiger partial charge in [-0.05, 0) is 61.3 Å². The fraction of sp³-hybridized carbons (Fsp3) is 0.294. The first kappa shape index (κ1) is 14.9. The van der Waals surface area contributed by atoms with Crippen LogP contribution in [0.2, 0.25) is 5.02 Å². The van der Waals surface area contributed by atoms with Gasteiger partial charge in [0.05, 0.1) is 7.11 Å². The molecule has 0 aliphatic rings. The smallest absolute Gasteiger partial charge is 0.119 e. The number of benzene rings is 2. The van der Waals surface area contributed by atoms with Crippen LogP contribution in [0.5, 0.6) is 5.75 Å². The third-order valence-corrected chi connectivity index (χ3v) is 3.76. The van der Waals surface area contributed by atoms with Gasteiger partial charge in [0.1, 0.15) is 5.75 Å². The molecule has 0 saturated carbocycles. The summed E-state index contributed by atoms with van der Waals surface area (Å²) in [5.74, 6) is 0.894. The zero-order valence-corrected chi connectivity index (χ0v) is 12.9. The van der Waals surface area contributed by atoms with Gasteiger partial charge < -0.3 is 10.1 Å². The molecule has 0 spiro atoms. The summed E-state index contributed by atoms with van der Waals surface area (Å²) in [7, 11) is 3.68. The number of rotatable bonds is 5. The predicted molar refractivity (Wildman–Crippen MR) is 84.7 cm³/mol. The molecule has 0 heterocycles. The van der Waals surface area contributed by atoms with Gasteiger partial charge >= 0.3 is 0 Å². The first-order chi connectivity index (χ1) is 9.63. The molecule has 2 aromatic carbocycles. The monoisotopic (exact) mass is 289 g/mol. The van der Waals surface area contributed by atoms with Crippen LogP contribution in [0.1, 0.15) is 22.7 Å². The fourth-order valence-electron chi connectivity index (χ4n) is 2.43. The largest absolute Gasteiger partial charge is 0.497 e. The van der Waals surface area contributed by atoms with Crippen LogP contribution in [-0.4, -0.2) is 14.2 Å². The molecule has 1 atom stereocenters. The lowest BCUT2D eigenvalue weighted by Crippen LogP contribution is -2.19. The zero-order chi connectivity index (χ0) is 14.5. The lowest BCUT2D eigenvalue weighted by Gasteiger charge is -2.19. The van der Waals surface area contributed by atoms with Crippen LogP contribution >= 0.6 is 11.6 Å². The number of aryl methyl sites for hydroxylation is 1. The summed E-state index contributed by atoms with van der Waals surface area (Å²) >= 11 is 6.03. The second-order valence-corrected chi connectivity index (χ2v) is 5.33. The SMILES string of the molecule is CNC(Cc1cccc(OC)c1)c1ccc(Cl)cc1C. The van der Waals surface area contributed by atoms with E-state index in [1.165, 1.54) is 16.7 Å². The number of methoxy groups -OCH3 is 1. The second kappa shape index (κ2) is 6.78. The van der Waals surface area contributed by atoms with Gasteiger partial charge in [-0.3, -0.25) is 0 Å². The molecule has 106 valence electrons. The Labute approximate surface area is 125 Å². The molecule has 0 amide bonds. The Kier molecular flexibility index (Phi) is 5.05. The molecule has 1 N–H and O–H groups in total. The maximum atomic E-state index is 6.03. The van der Waals surface area contributed by atoms with E-state index in [0.29, 0.717) is 0 Å². The first-order valence-corrected chi connectivity index (χ1v) is 7.08. The Balaban J connectivity index is 2.23. The normalized spacial score (nSPS) is 12.2. The van der Waals surface area contributed by atoms with E-state index in [-0.39, 0.29) is 6.04 Å². The number of nitrogens with one attached hydrogen (secondary N) is 1. The van der Waals surface area contributed by atoms with Crippen LogP contribution in [0.3, 0.4) is 0 Å². The van der Waals surface area contributed by atoms with Crippen molar-refractivity contribution in [3.8, 4) is 5.75 Å². The molecule has 0 saturated heterocycles. The van der Waals surface area contributed by atoms with Crippen molar-refractivity contribution in [3.63, 3.8) is 0 Å². The van der Waals surface area contributed by atoms with Crippen LogP contribution in [-0.2, 0) is 6.42 Å². The molecule has 2 rings (SSSR count). The van der Waals surface area contributed by atoms with Crippen molar-refractivity contribution >= 4 is 11.6 Å². The Hall–Kier alpha value is -1.51. The summed E-state index contributed by atoms with van der Waals surface area (Å²) < 4.78 is 5.28. The summed E-state index contributed by atoms with van der Waals surface area (Å²) in [5.41, 5.74) is 3.73. The van der Waals surface area contributed by atoms with Crippen molar-refractivity contribution in [3.05, 3.63) is 64.2 Å². The molecule has 0 bridgehead atoms. The van der Waals surface area contributed by atoms with E-state index >= 15 is 0 Å². The number of hydrogen-bond acceptors (Lipinski definition) is 2. The van der Waals surface area contributed by atoms with Gasteiger partial charge in [-0.25, -0.2) is 0 Å². The quantitative estimate of drug-likeness (QED) is 0.892. The number of halogens is 1. The summed E-state index contributed by atoms with van der Waals surface area (Å²) in [5, 5.41) is 4.16. The van der Waals surface area contributed by atoms with Crippen LogP contribution < -0.4 is 10.1 Å². The second-order valence-electron chi connectivity index (χ2n) is 4.90. The molecule has 0 aliphatic carbocycles. The molecular formula is C17H20ClNO. The minimum absolute atomic E-state index is 0.263. The maximum Gasteiger partial charge on any atom is 0.119 e. The van der Waals surface area contributed by atoms with Gasteiger partial charge in [0, 0.05) is 11.1 Å². The average Bonchev–Trinajstić information content (AvgIpc) is 2.45. The Morgan fingerprint density at radius 3 is 2.65 bits per heavy atom. The van der Waals surface area contributed by atoms with Crippen LogP contribution in [0, 0.1) is 6.92 Å². The lowest BCUT2D eigenvalue weighted by molar-refractivity contribution is 0.414. The van der Waals surface area contributed by atoms with Crippen LogP contribution in [0.4, 0.5) is 0 Å². The topological polar surface area (TPSA) is 21.3 Å². The lowest BCUT2D eigenvalue weighted by atomic mass is 9.95. The fourth-order valence-corrected chi connectivity index (χ4v) is 2.66. The van der Waals surface area contributed by atoms with E-state index in [4.69, 9.17) is 16.3 Å². The third-order valence-electron chi connectivity index (χ3n) is 3.53. The average molecular weight is 290 g/mol. The summed E-state index contributed by atoms with van der Waals surface area (Å²) in [4.78, 5) is 0. The van der Waals surface area contributed by atoms with Crippen molar-refractivity contribution < 1.29 is 4.74 Å². The highest BCUT2D eigenvalue weighted by atomic mass is 35.5. The molecule has 1 unspecified atom stereocenters. The predicted octanol–water partition coefficient (Wildman–Crippen LogP) is 4.16.